The summed E-state index contributed by atoms with van der Waals surface area (Å²) < 4.78 is 4.48. The number of carbonyl (C=O) groups excluding carboxylic acids is 1. The molecule has 0 amide bonds. The Bertz CT molecular complexity index is 288. The second kappa shape index (κ2) is 14.7. The van der Waals surface area contributed by atoms with Gasteiger partial charge in [0.1, 0.15) is 0 Å². The van der Waals surface area contributed by atoms with Crippen LogP contribution in [0.15, 0.2) is 36.5 Å². The largest absolute Gasteiger partial charge is 0.466 e. The number of hydrogen-bond acceptors (Lipinski definition) is 2. The molecule has 0 aromatic carbocycles. The quantitative estimate of drug-likeness (QED) is 0.228. The van der Waals surface area contributed by atoms with Crippen LogP contribution in [0.1, 0.15) is 58.3 Å². The highest BCUT2D eigenvalue weighted by Gasteiger charge is 1.89. The highest BCUT2D eigenvalue weighted by molar-refractivity contribution is 5.82. The summed E-state index contributed by atoms with van der Waals surface area (Å²) in [6.07, 6.45) is 21.6. The van der Waals surface area contributed by atoms with Crippen molar-refractivity contribution < 1.29 is 9.53 Å². The molecule has 2 nitrogen and oxygen atoms in total. The normalized spacial score (nSPS) is 11.9. The zero-order chi connectivity index (χ0) is 14.2. The second-order valence-corrected chi connectivity index (χ2v) is 4.61. The van der Waals surface area contributed by atoms with Crippen LogP contribution in [0.4, 0.5) is 0 Å². The fourth-order valence-corrected chi connectivity index (χ4v) is 1.72. The van der Waals surface area contributed by atoms with Gasteiger partial charge in [0.05, 0.1) is 7.11 Å². The Balaban J connectivity index is 3.36. The number of ether oxygens (including phenoxy) is 1. The van der Waals surface area contributed by atoms with Gasteiger partial charge >= 0.3 is 5.97 Å². The second-order valence-electron chi connectivity index (χ2n) is 4.61. The van der Waals surface area contributed by atoms with Crippen molar-refractivity contribution >= 4 is 5.97 Å². The number of allylic oxidation sites excluding steroid dienone is 5. The van der Waals surface area contributed by atoms with Gasteiger partial charge in [-0.1, -0.05) is 75.8 Å². The molecule has 2 heteroatoms. The molecule has 0 aliphatic heterocycles. The van der Waals surface area contributed by atoms with Crippen molar-refractivity contribution in [3.8, 4) is 0 Å². The Kier molecular flexibility index (Phi) is 13.7. The molecule has 0 aliphatic carbocycles. The first-order chi connectivity index (χ1) is 9.31. The number of carbonyl (C=O) groups is 1. The van der Waals surface area contributed by atoms with Crippen LogP contribution in [0.3, 0.4) is 0 Å². The zero-order valence-electron chi connectivity index (χ0n) is 12.4. The number of esters is 1. The van der Waals surface area contributed by atoms with Gasteiger partial charge in [-0.25, -0.2) is 4.79 Å². The molecule has 0 unspecified atom stereocenters. The zero-order valence-corrected chi connectivity index (χ0v) is 12.4. The van der Waals surface area contributed by atoms with E-state index in [1.807, 2.05) is 18.2 Å². The SMILES string of the molecule is CCCCCCCCC/C=C/C=C/C=C/C(=O)OC. The van der Waals surface area contributed by atoms with Crippen molar-refractivity contribution in [2.45, 2.75) is 58.3 Å². The average Bonchev–Trinajstić information content (AvgIpc) is 2.43. The lowest BCUT2D eigenvalue weighted by atomic mass is 10.1. The van der Waals surface area contributed by atoms with Crippen LogP contribution in [0.5, 0.6) is 0 Å². The molecule has 19 heavy (non-hydrogen) atoms. The van der Waals surface area contributed by atoms with Gasteiger partial charge in [-0.05, 0) is 12.8 Å². The van der Waals surface area contributed by atoms with Gasteiger partial charge in [0.15, 0.2) is 0 Å². The van der Waals surface area contributed by atoms with Crippen LogP contribution in [-0.4, -0.2) is 13.1 Å². The first-order valence-electron chi connectivity index (χ1n) is 7.39. The van der Waals surface area contributed by atoms with Crippen LogP contribution in [0.25, 0.3) is 0 Å². The van der Waals surface area contributed by atoms with E-state index in [0.29, 0.717) is 0 Å². The Morgan fingerprint density at radius 1 is 0.895 bits per heavy atom. The van der Waals surface area contributed by atoms with E-state index < -0.39 is 0 Å². The highest BCUT2D eigenvalue weighted by atomic mass is 16.5. The van der Waals surface area contributed by atoms with Crippen molar-refractivity contribution in [2.24, 2.45) is 0 Å². The van der Waals surface area contributed by atoms with E-state index in [1.165, 1.54) is 58.1 Å². The summed E-state index contributed by atoms with van der Waals surface area (Å²) in [5.74, 6) is -0.322. The Morgan fingerprint density at radius 3 is 2.21 bits per heavy atom. The minimum atomic E-state index is -0.322. The van der Waals surface area contributed by atoms with Crippen molar-refractivity contribution in [1.82, 2.24) is 0 Å². The fourth-order valence-electron chi connectivity index (χ4n) is 1.72. The molecule has 0 rings (SSSR count). The fraction of sp³-hybridized carbons (Fsp3) is 0.588. The summed E-state index contributed by atoms with van der Waals surface area (Å²) in [5.41, 5.74) is 0. The van der Waals surface area contributed by atoms with Gasteiger partial charge in [-0.3, -0.25) is 0 Å². The monoisotopic (exact) mass is 264 g/mol. The van der Waals surface area contributed by atoms with Crippen LogP contribution in [-0.2, 0) is 9.53 Å². The minimum absolute atomic E-state index is 0.322. The van der Waals surface area contributed by atoms with E-state index >= 15 is 0 Å². The minimum Gasteiger partial charge on any atom is -0.466 e. The van der Waals surface area contributed by atoms with Gasteiger partial charge in [0.25, 0.3) is 0 Å². The van der Waals surface area contributed by atoms with Crippen molar-refractivity contribution in [1.29, 1.82) is 0 Å². The van der Waals surface area contributed by atoms with Crippen molar-refractivity contribution in [2.75, 3.05) is 7.11 Å². The third-order valence-corrected chi connectivity index (χ3v) is 2.88. The maximum Gasteiger partial charge on any atom is 0.330 e. The van der Waals surface area contributed by atoms with Gasteiger partial charge in [0, 0.05) is 6.08 Å². The van der Waals surface area contributed by atoms with Crippen LogP contribution in [0.2, 0.25) is 0 Å². The highest BCUT2D eigenvalue weighted by Crippen LogP contribution is 2.08. The predicted molar refractivity (Wildman–Crippen MR) is 82.0 cm³/mol. The van der Waals surface area contributed by atoms with Gasteiger partial charge in [0.2, 0.25) is 0 Å². The van der Waals surface area contributed by atoms with Gasteiger partial charge in [-0.2, -0.15) is 0 Å². The van der Waals surface area contributed by atoms with Crippen LogP contribution in [0, 0.1) is 0 Å². The van der Waals surface area contributed by atoms with Crippen LogP contribution >= 0.6 is 0 Å². The number of rotatable bonds is 11. The average molecular weight is 264 g/mol. The smallest absolute Gasteiger partial charge is 0.330 e. The lowest BCUT2D eigenvalue weighted by Gasteiger charge is -1.98. The molecule has 0 atom stereocenters. The maximum atomic E-state index is 10.8. The standard InChI is InChI=1S/C17H28O2/c1-3-4-5-6-7-8-9-10-11-12-13-14-15-16-17(18)19-2/h11-16H,3-10H2,1-2H3/b12-11+,14-13+,16-15+. The molecule has 0 saturated heterocycles. The topological polar surface area (TPSA) is 26.3 Å². The van der Waals surface area contributed by atoms with E-state index in [9.17, 15) is 4.79 Å². The molecule has 0 spiro atoms. The van der Waals surface area contributed by atoms with Crippen LogP contribution < -0.4 is 0 Å². The van der Waals surface area contributed by atoms with Crippen molar-refractivity contribution in [3.63, 3.8) is 0 Å². The Morgan fingerprint density at radius 2 is 1.53 bits per heavy atom. The Hall–Kier alpha value is -1.31. The van der Waals surface area contributed by atoms with E-state index in [0.717, 1.165) is 6.42 Å². The first-order valence-corrected chi connectivity index (χ1v) is 7.39. The Labute approximate surface area is 118 Å². The summed E-state index contributed by atoms with van der Waals surface area (Å²) in [5, 5.41) is 0. The molecule has 0 bridgehead atoms. The molecule has 0 aromatic rings. The molecule has 0 heterocycles. The summed E-state index contributed by atoms with van der Waals surface area (Å²) in [4.78, 5) is 10.8. The third-order valence-electron chi connectivity index (χ3n) is 2.88. The van der Waals surface area contributed by atoms with E-state index in [-0.39, 0.29) is 5.97 Å². The number of methoxy groups -OCH3 is 1. The molecular formula is C17H28O2. The maximum absolute atomic E-state index is 10.8. The molecular weight excluding hydrogens is 236 g/mol. The summed E-state index contributed by atoms with van der Waals surface area (Å²) in [6.45, 7) is 2.25. The lowest BCUT2D eigenvalue weighted by Crippen LogP contribution is -1.92. The molecule has 0 aromatic heterocycles. The van der Waals surface area contributed by atoms with E-state index in [1.54, 1.807) is 6.08 Å². The first kappa shape index (κ1) is 17.7. The predicted octanol–water partition coefficient (Wildman–Crippen LogP) is 4.97. The van der Waals surface area contributed by atoms with Gasteiger partial charge in [-0.15, -0.1) is 0 Å². The molecule has 0 fully saturated rings. The lowest BCUT2D eigenvalue weighted by molar-refractivity contribution is -0.134. The van der Waals surface area contributed by atoms with E-state index in [4.69, 9.17) is 0 Å². The molecule has 0 saturated carbocycles. The van der Waals surface area contributed by atoms with Crippen molar-refractivity contribution in [3.05, 3.63) is 36.5 Å². The molecule has 0 aliphatic rings. The third kappa shape index (κ3) is 14.6. The number of hydrogen-bond donors (Lipinski definition) is 0. The summed E-state index contributed by atoms with van der Waals surface area (Å²) in [6, 6.07) is 0. The summed E-state index contributed by atoms with van der Waals surface area (Å²) >= 11 is 0. The molecule has 108 valence electrons. The van der Waals surface area contributed by atoms with E-state index in [2.05, 4.69) is 17.7 Å². The molecule has 0 N–H and O–H groups in total. The molecule has 0 radical (unpaired) electrons. The summed E-state index contributed by atoms with van der Waals surface area (Å²) in [7, 11) is 1.37. The van der Waals surface area contributed by atoms with Gasteiger partial charge < -0.3 is 4.74 Å². The number of unbranched alkanes of at least 4 members (excludes halogenated alkanes) is 7.